The third-order valence-corrected chi connectivity index (χ3v) is 2.27. The highest BCUT2D eigenvalue weighted by Crippen LogP contribution is 2.30. The summed E-state index contributed by atoms with van der Waals surface area (Å²) in [4.78, 5) is 0. The molecule has 1 aliphatic heterocycles. The lowest BCUT2D eigenvalue weighted by Gasteiger charge is -2.21. The first-order valence-corrected chi connectivity index (χ1v) is 3.51. The zero-order valence-corrected chi connectivity index (χ0v) is 5.89. The number of ether oxygens (including phenoxy) is 1. The Hall–Kier alpha value is -0.0800. The Balaban J connectivity index is 2.45. The van der Waals surface area contributed by atoms with Crippen molar-refractivity contribution in [1.29, 1.82) is 0 Å². The monoisotopic (exact) mass is 130 g/mol. The van der Waals surface area contributed by atoms with Crippen LogP contribution < -0.4 is 0 Å². The molecule has 1 N–H and O–H groups in total. The lowest BCUT2D eigenvalue weighted by atomic mass is 9.86. The zero-order chi connectivity index (χ0) is 6.74. The second kappa shape index (κ2) is 2.67. The van der Waals surface area contributed by atoms with Crippen LogP contribution in [-0.4, -0.2) is 24.9 Å². The largest absolute Gasteiger partial charge is 0.396 e. The van der Waals surface area contributed by atoms with Crippen LogP contribution in [-0.2, 0) is 4.74 Å². The molecule has 1 saturated heterocycles. The second-order valence-corrected chi connectivity index (χ2v) is 2.81. The smallest absolute Gasteiger partial charge is 0.0545 e. The Bertz CT molecular complexity index is 78.9. The first-order chi connectivity index (χ1) is 4.33. The predicted molar refractivity (Wildman–Crippen MR) is 35.2 cm³/mol. The van der Waals surface area contributed by atoms with Crippen LogP contribution in [0.25, 0.3) is 0 Å². The van der Waals surface area contributed by atoms with Gasteiger partial charge >= 0.3 is 0 Å². The third kappa shape index (κ3) is 1.25. The Kier molecular flexibility index (Phi) is 2.09. The predicted octanol–water partition coefficient (Wildman–Crippen LogP) is 0.795. The van der Waals surface area contributed by atoms with Gasteiger partial charge in [-0.3, -0.25) is 0 Å². The summed E-state index contributed by atoms with van der Waals surface area (Å²) in [5.41, 5.74) is 0.111. The molecule has 1 unspecified atom stereocenters. The molecule has 54 valence electrons. The fourth-order valence-corrected chi connectivity index (χ4v) is 1.16. The molecule has 0 bridgehead atoms. The third-order valence-electron chi connectivity index (χ3n) is 2.27. The Morgan fingerprint density at radius 2 is 2.44 bits per heavy atom. The van der Waals surface area contributed by atoms with Gasteiger partial charge in [-0.2, -0.15) is 0 Å². The minimum Gasteiger partial charge on any atom is -0.396 e. The minimum atomic E-state index is 0.111. The van der Waals surface area contributed by atoms with Gasteiger partial charge in [-0.15, -0.1) is 0 Å². The van der Waals surface area contributed by atoms with Crippen molar-refractivity contribution >= 4 is 0 Å². The van der Waals surface area contributed by atoms with E-state index in [1.54, 1.807) is 0 Å². The van der Waals surface area contributed by atoms with E-state index >= 15 is 0 Å². The van der Waals surface area contributed by atoms with E-state index in [-0.39, 0.29) is 12.0 Å². The van der Waals surface area contributed by atoms with Gasteiger partial charge in [-0.05, 0) is 12.8 Å². The summed E-state index contributed by atoms with van der Waals surface area (Å²) in [5, 5.41) is 8.94. The maximum Gasteiger partial charge on any atom is 0.0545 e. The van der Waals surface area contributed by atoms with Crippen molar-refractivity contribution in [3.8, 4) is 0 Å². The van der Waals surface area contributed by atoms with E-state index in [0.29, 0.717) is 0 Å². The van der Waals surface area contributed by atoms with Crippen LogP contribution in [0.3, 0.4) is 0 Å². The van der Waals surface area contributed by atoms with Gasteiger partial charge < -0.3 is 9.84 Å². The van der Waals surface area contributed by atoms with Gasteiger partial charge in [0.05, 0.1) is 13.2 Å². The topological polar surface area (TPSA) is 29.5 Å². The van der Waals surface area contributed by atoms with E-state index in [9.17, 15) is 0 Å². The number of hydrogen-bond donors (Lipinski definition) is 1. The van der Waals surface area contributed by atoms with Crippen molar-refractivity contribution in [3.05, 3.63) is 0 Å². The summed E-state index contributed by atoms with van der Waals surface area (Å²) in [5.74, 6) is 0. The number of rotatable bonds is 2. The highest BCUT2D eigenvalue weighted by atomic mass is 16.5. The molecule has 1 atom stereocenters. The molecule has 0 saturated carbocycles. The Labute approximate surface area is 55.8 Å². The molecule has 2 nitrogen and oxygen atoms in total. The highest BCUT2D eigenvalue weighted by Gasteiger charge is 2.31. The van der Waals surface area contributed by atoms with Crippen LogP contribution in [0.1, 0.15) is 19.8 Å². The van der Waals surface area contributed by atoms with Gasteiger partial charge in [-0.1, -0.05) is 6.92 Å². The van der Waals surface area contributed by atoms with Gasteiger partial charge in [0, 0.05) is 12.0 Å². The van der Waals surface area contributed by atoms with Gasteiger partial charge in [0.2, 0.25) is 0 Å². The summed E-state index contributed by atoms with van der Waals surface area (Å²) in [6.45, 7) is 3.96. The molecule has 0 aromatic rings. The van der Waals surface area contributed by atoms with Crippen LogP contribution in [0.4, 0.5) is 0 Å². The van der Waals surface area contributed by atoms with Crippen LogP contribution >= 0.6 is 0 Å². The highest BCUT2D eigenvalue weighted by molar-refractivity contribution is 4.80. The van der Waals surface area contributed by atoms with Crippen molar-refractivity contribution in [2.75, 3.05) is 19.8 Å². The lowest BCUT2D eigenvalue weighted by Crippen LogP contribution is -2.24. The summed E-state index contributed by atoms with van der Waals surface area (Å²) in [6.07, 6.45) is 2.06. The SMILES string of the molecule is CCC1(CO)CCOC1. The minimum absolute atomic E-state index is 0.111. The van der Waals surface area contributed by atoms with Crippen LogP contribution in [0, 0.1) is 5.41 Å². The van der Waals surface area contributed by atoms with Gasteiger partial charge in [0.15, 0.2) is 0 Å². The van der Waals surface area contributed by atoms with Gasteiger partial charge in [-0.25, -0.2) is 0 Å². The fraction of sp³-hybridized carbons (Fsp3) is 1.00. The maximum atomic E-state index is 8.94. The van der Waals surface area contributed by atoms with Crippen molar-refractivity contribution in [2.45, 2.75) is 19.8 Å². The van der Waals surface area contributed by atoms with E-state index in [1.807, 2.05) is 0 Å². The van der Waals surface area contributed by atoms with Crippen LogP contribution in [0.5, 0.6) is 0 Å². The quantitative estimate of drug-likeness (QED) is 0.599. The molecule has 1 fully saturated rings. The molecule has 0 amide bonds. The molecule has 0 radical (unpaired) electrons. The molecule has 1 aliphatic rings. The van der Waals surface area contributed by atoms with E-state index in [0.717, 1.165) is 26.1 Å². The molecular weight excluding hydrogens is 116 g/mol. The summed E-state index contributed by atoms with van der Waals surface area (Å²) < 4.78 is 5.18. The van der Waals surface area contributed by atoms with Crippen molar-refractivity contribution in [3.63, 3.8) is 0 Å². The van der Waals surface area contributed by atoms with Gasteiger partial charge in [0.1, 0.15) is 0 Å². The molecule has 0 aromatic carbocycles. The fourth-order valence-electron chi connectivity index (χ4n) is 1.16. The summed E-state index contributed by atoms with van der Waals surface area (Å²) in [6, 6.07) is 0. The van der Waals surface area contributed by atoms with Crippen molar-refractivity contribution < 1.29 is 9.84 Å². The lowest BCUT2D eigenvalue weighted by molar-refractivity contribution is 0.0905. The standard InChI is InChI=1S/C7H14O2/c1-2-7(5-8)3-4-9-6-7/h8H,2-6H2,1H3. The molecule has 0 spiro atoms. The van der Waals surface area contributed by atoms with Crippen LogP contribution in [0.15, 0.2) is 0 Å². The van der Waals surface area contributed by atoms with Crippen molar-refractivity contribution in [2.24, 2.45) is 5.41 Å². The zero-order valence-electron chi connectivity index (χ0n) is 5.89. The Morgan fingerprint density at radius 1 is 1.67 bits per heavy atom. The normalized spacial score (nSPS) is 35.3. The average molecular weight is 130 g/mol. The number of aliphatic hydroxyl groups is 1. The van der Waals surface area contributed by atoms with E-state index in [4.69, 9.17) is 9.84 Å². The second-order valence-electron chi connectivity index (χ2n) is 2.81. The maximum absolute atomic E-state index is 8.94. The first kappa shape index (κ1) is 7.03. The molecule has 0 aliphatic carbocycles. The molecule has 1 heterocycles. The van der Waals surface area contributed by atoms with E-state index in [2.05, 4.69) is 6.92 Å². The molecule has 9 heavy (non-hydrogen) atoms. The van der Waals surface area contributed by atoms with Crippen LogP contribution in [0.2, 0.25) is 0 Å². The molecule has 1 rings (SSSR count). The Morgan fingerprint density at radius 3 is 2.67 bits per heavy atom. The molecular formula is C7H14O2. The van der Waals surface area contributed by atoms with Crippen molar-refractivity contribution in [1.82, 2.24) is 0 Å². The average Bonchev–Trinajstić information content (AvgIpc) is 2.36. The molecule has 2 heteroatoms. The number of aliphatic hydroxyl groups excluding tert-OH is 1. The first-order valence-electron chi connectivity index (χ1n) is 3.51. The van der Waals surface area contributed by atoms with Gasteiger partial charge in [0.25, 0.3) is 0 Å². The van der Waals surface area contributed by atoms with E-state index in [1.165, 1.54) is 0 Å². The summed E-state index contributed by atoms with van der Waals surface area (Å²) in [7, 11) is 0. The summed E-state index contributed by atoms with van der Waals surface area (Å²) >= 11 is 0. The number of hydrogen-bond acceptors (Lipinski definition) is 2. The van der Waals surface area contributed by atoms with E-state index < -0.39 is 0 Å². The molecule has 0 aromatic heterocycles.